The maximum atomic E-state index is 11.3. The summed E-state index contributed by atoms with van der Waals surface area (Å²) in [5.74, 6) is -0.128. The van der Waals surface area contributed by atoms with Gasteiger partial charge in [0.1, 0.15) is 0 Å². The van der Waals surface area contributed by atoms with Crippen molar-refractivity contribution in [2.45, 2.75) is 78.1 Å². The average Bonchev–Trinajstić information content (AvgIpc) is 2.38. The average molecular weight is 258 g/mol. The van der Waals surface area contributed by atoms with E-state index in [-0.39, 0.29) is 12.8 Å². The smallest absolute Gasteiger partial charge is 0.307 e. The van der Waals surface area contributed by atoms with E-state index in [0.717, 1.165) is 19.3 Å². The summed E-state index contributed by atoms with van der Waals surface area (Å²) in [5, 5.41) is 0. The van der Waals surface area contributed by atoms with Crippen LogP contribution in [0.3, 0.4) is 0 Å². The Bertz CT molecular complexity index is 181. The summed E-state index contributed by atoms with van der Waals surface area (Å²) in [6.45, 7) is 5.03. The zero-order valence-corrected chi connectivity index (χ0v) is 12.2. The molecular formula is C15H30O3. The first kappa shape index (κ1) is 17.4. The number of esters is 1. The van der Waals surface area contributed by atoms with Crippen LogP contribution in [0.4, 0.5) is 0 Å². The number of unbranched alkanes of at least 4 members (excludes halogenated alkanes) is 7. The fraction of sp³-hybridized carbons (Fsp3) is 0.933. The topological polar surface area (TPSA) is 35.5 Å². The fourth-order valence-corrected chi connectivity index (χ4v) is 1.79. The molecule has 0 atom stereocenters. The van der Waals surface area contributed by atoms with Crippen LogP contribution in [0.25, 0.3) is 0 Å². The van der Waals surface area contributed by atoms with E-state index in [9.17, 15) is 4.79 Å². The van der Waals surface area contributed by atoms with Crippen molar-refractivity contribution in [2.75, 3.05) is 13.4 Å². The minimum atomic E-state index is -0.128. The molecule has 0 aliphatic carbocycles. The molecule has 0 heterocycles. The molecule has 0 aromatic heterocycles. The van der Waals surface area contributed by atoms with Crippen molar-refractivity contribution in [1.82, 2.24) is 0 Å². The molecule has 0 aromatic rings. The molecule has 3 nitrogen and oxygen atoms in total. The molecule has 0 aromatic carbocycles. The van der Waals surface area contributed by atoms with Gasteiger partial charge in [0.15, 0.2) is 6.79 Å². The van der Waals surface area contributed by atoms with Crippen LogP contribution in [0.1, 0.15) is 78.1 Å². The highest BCUT2D eigenvalue weighted by Crippen LogP contribution is 2.09. The zero-order chi connectivity index (χ0) is 13.5. The molecular weight excluding hydrogens is 228 g/mol. The second-order valence-electron chi connectivity index (χ2n) is 4.77. The van der Waals surface area contributed by atoms with Gasteiger partial charge in [-0.3, -0.25) is 4.79 Å². The maximum Gasteiger partial charge on any atom is 0.307 e. The van der Waals surface area contributed by atoms with Gasteiger partial charge in [0, 0.05) is 6.42 Å². The summed E-state index contributed by atoms with van der Waals surface area (Å²) < 4.78 is 10.0. The standard InChI is InChI=1S/C15H30O3/c1-3-5-6-7-8-9-10-11-12-15(16)18-14-17-13-4-2/h3-14H2,1-2H3. The van der Waals surface area contributed by atoms with E-state index >= 15 is 0 Å². The van der Waals surface area contributed by atoms with Crippen LogP contribution in [0.2, 0.25) is 0 Å². The Hall–Kier alpha value is -0.570. The molecule has 0 aliphatic heterocycles. The number of hydrogen-bond donors (Lipinski definition) is 0. The Balaban J connectivity index is 3.10. The lowest BCUT2D eigenvalue weighted by molar-refractivity contribution is -0.156. The molecule has 0 saturated carbocycles. The third kappa shape index (κ3) is 13.5. The van der Waals surface area contributed by atoms with Crippen LogP contribution in [0.5, 0.6) is 0 Å². The van der Waals surface area contributed by atoms with Crippen molar-refractivity contribution in [3.63, 3.8) is 0 Å². The second-order valence-corrected chi connectivity index (χ2v) is 4.77. The molecule has 0 bridgehead atoms. The highest BCUT2D eigenvalue weighted by Gasteiger charge is 2.01. The summed E-state index contributed by atoms with van der Waals surface area (Å²) in [7, 11) is 0. The van der Waals surface area contributed by atoms with Gasteiger partial charge in [-0.2, -0.15) is 0 Å². The molecule has 0 saturated heterocycles. The van der Waals surface area contributed by atoms with Crippen molar-refractivity contribution in [1.29, 1.82) is 0 Å². The molecule has 0 spiro atoms. The molecule has 0 N–H and O–H groups in total. The van der Waals surface area contributed by atoms with Gasteiger partial charge in [-0.15, -0.1) is 0 Å². The van der Waals surface area contributed by atoms with Crippen molar-refractivity contribution < 1.29 is 14.3 Å². The lowest BCUT2D eigenvalue weighted by Gasteiger charge is -2.05. The predicted molar refractivity (Wildman–Crippen MR) is 74.4 cm³/mol. The SMILES string of the molecule is CCCCCCCCCCC(=O)OCOCCC. The minimum Gasteiger partial charge on any atom is -0.438 e. The Morgan fingerprint density at radius 2 is 1.44 bits per heavy atom. The van der Waals surface area contributed by atoms with E-state index in [2.05, 4.69) is 6.92 Å². The third-order valence-corrected chi connectivity index (χ3v) is 2.89. The molecule has 108 valence electrons. The lowest BCUT2D eigenvalue weighted by atomic mass is 10.1. The third-order valence-electron chi connectivity index (χ3n) is 2.89. The van der Waals surface area contributed by atoms with Crippen LogP contribution >= 0.6 is 0 Å². The summed E-state index contributed by atoms with van der Waals surface area (Å²) in [5.41, 5.74) is 0. The fourth-order valence-electron chi connectivity index (χ4n) is 1.79. The Morgan fingerprint density at radius 1 is 0.833 bits per heavy atom. The maximum absolute atomic E-state index is 11.3. The molecule has 18 heavy (non-hydrogen) atoms. The van der Waals surface area contributed by atoms with Gasteiger partial charge in [0.2, 0.25) is 0 Å². The Labute approximate surface area is 112 Å². The quantitative estimate of drug-likeness (QED) is 0.278. The summed E-state index contributed by atoms with van der Waals surface area (Å²) >= 11 is 0. The van der Waals surface area contributed by atoms with Crippen molar-refractivity contribution in [3.8, 4) is 0 Å². The zero-order valence-electron chi connectivity index (χ0n) is 12.2. The second kappa shape index (κ2) is 14.5. The van der Waals surface area contributed by atoms with E-state index in [4.69, 9.17) is 9.47 Å². The molecule has 0 rings (SSSR count). The van der Waals surface area contributed by atoms with Crippen LogP contribution in [-0.4, -0.2) is 19.4 Å². The number of ether oxygens (including phenoxy) is 2. The van der Waals surface area contributed by atoms with Crippen LogP contribution < -0.4 is 0 Å². The summed E-state index contributed by atoms with van der Waals surface area (Å²) in [6, 6.07) is 0. The molecule has 0 radical (unpaired) electrons. The normalized spacial score (nSPS) is 10.6. The highest BCUT2D eigenvalue weighted by molar-refractivity contribution is 5.69. The van der Waals surface area contributed by atoms with Crippen molar-refractivity contribution >= 4 is 5.97 Å². The molecule has 0 fully saturated rings. The van der Waals surface area contributed by atoms with E-state index in [1.165, 1.54) is 38.5 Å². The number of carbonyl (C=O) groups excluding carboxylic acids is 1. The summed E-state index contributed by atoms with van der Waals surface area (Å²) in [6.07, 6.45) is 11.4. The first-order chi connectivity index (χ1) is 8.81. The van der Waals surface area contributed by atoms with Gasteiger partial charge in [-0.1, -0.05) is 58.8 Å². The Morgan fingerprint density at radius 3 is 2.06 bits per heavy atom. The molecule has 3 heteroatoms. The van der Waals surface area contributed by atoms with Crippen molar-refractivity contribution in [2.24, 2.45) is 0 Å². The van der Waals surface area contributed by atoms with E-state index < -0.39 is 0 Å². The van der Waals surface area contributed by atoms with Gasteiger partial charge in [0.05, 0.1) is 6.61 Å². The van der Waals surface area contributed by atoms with Gasteiger partial charge >= 0.3 is 5.97 Å². The first-order valence-corrected chi connectivity index (χ1v) is 7.54. The van der Waals surface area contributed by atoms with E-state index in [1.54, 1.807) is 0 Å². The number of carbonyl (C=O) groups is 1. The van der Waals surface area contributed by atoms with Gasteiger partial charge in [-0.05, 0) is 12.8 Å². The molecule has 0 amide bonds. The van der Waals surface area contributed by atoms with Gasteiger partial charge in [-0.25, -0.2) is 0 Å². The lowest BCUT2D eigenvalue weighted by Crippen LogP contribution is -2.08. The largest absolute Gasteiger partial charge is 0.438 e. The van der Waals surface area contributed by atoms with Crippen LogP contribution in [0.15, 0.2) is 0 Å². The predicted octanol–water partition coefficient (Wildman–Crippen LogP) is 4.44. The summed E-state index contributed by atoms with van der Waals surface area (Å²) in [4.78, 5) is 11.3. The van der Waals surface area contributed by atoms with Gasteiger partial charge in [0.25, 0.3) is 0 Å². The van der Waals surface area contributed by atoms with E-state index in [1.807, 2.05) is 6.92 Å². The highest BCUT2D eigenvalue weighted by atomic mass is 16.7. The molecule has 0 aliphatic rings. The van der Waals surface area contributed by atoms with Gasteiger partial charge < -0.3 is 9.47 Å². The first-order valence-electron chi connectivity index (χ1n) is 7.54. The van der Waals surface area contributed by atoms with Crippen molar-refractivity contribution in [3.05, 3.63) is 0 Å². The minimum absolute atomic E-state index is 0.115. The number of rotatable bonds is 13. The van der Waals surface area contributed by atoms with Crippen LogP contribution in [-0.2, 0) is 14.3 Å². The Kier molecular flexibility index (Phi) is 14.0. The monoisotopic (exact) mass is 258 g/mol. The molecule has 0 unspecified atom stereocenters. The van der Waals surface area contributed by atoms with Crippen LogP contribution in [0, 0.1) is 0 Å². The van der Waals surface area contributed by atoms with E-state index in [0.29, 0.717) is 13.0 Å². The number of hydrogen-bond acceptors (Lipinski definition) is 3.